The molecule has 1 saturated heterocycles. The molecule has 1 aliphatic rings. The fourth-order valence-electron chi connectivity index (χ4n) is 2.82. The van der Waals surface area contributed by atoms with E-state index in [2.05, 4.69) is 53.9 Å². The number of hydrogen-bond acceptors (Lipinski definition) is 2. The van der Waals surface area contributed by atoms with E-state index in [1.807, 2.05) is 10.9 Å². The van der Waals surface area contributed by atoms with Crippen LogP contribution in [0.1, 0.15) is 36.4 Å². The Morgan fingerprint density at radius 2 is 2.11 bits per heavy atom. The molecule has 94 valence electrons. The van der Waals surface area contributed by atoms with Crippen molar-refractivity contribution in [1.29, 1.82) is 0 Å². The predicted octanol–water partition coefficient (Wildman–Crippen LogP) is 2.72. The van der Waals surface area contributed by atoms with Gasteiger partial charge in [-0.15, -0.1) is 0 Å². The Balaban J connectivity index is 1.87. The summed E-state index contributed by atoms with van der Waals surface area (Å²) in [6, 6.07) is 11.1. The molecule has 3 heteroatoms. The zero-order valence-corrected chi connectivity index (χ0v) is 10.7. The second-order valence-electron chi connectivity index (χ2n) is 4.87. The van der Waals surface area contributed by atoms with Crippen molar-refractivity contribution in [3.05, 3.63) is 53.9 Å². The molecule has 0 bridgehead atoms. The monoisotopic (exact) mass is 241 g/mol. The first kappa shape index (κ1) is 11.5. The second kappa shape index (κ2) is 4.94. The van der Waals surface area contributed by atoms with E-state index in [0.29, 0.717) is 12.0 Å². The molecule has 1 N–H and O–H groups in total. The van der Waals surface area contributed by atoms with Gasteiger partial charge >= 0.3 is 0 Å². The lowest BCUT2D eigenvalue weighted by molar-refractivity contribution is 0.576. The van der Waals surface area contributed by atoms with Crippen molar-refractivity contribution < 1.29 is 0 Å². The van der Waals surface area contributed by atoms with Crippen LogP contribution in [0.4, 0.5) is 0 Å². The van der Waals surface area contributed by atoms with Crippen molar-refractivity contribution in [2.45, 2.75) is 31.8 Å². The molecule has 2 unspecified atom stereocenters. The highest BCUT2D eigenvalue weighted by molar-refractivity contribution is 5.27. The van der Waals surface area contributed by atoms with Gasteiger partial charge in [0.05, 0.1) is 6.20 Å². The molecular formula is C15H19N3. The van der Waals surface area contributed by atoms with Crippen LogP contribution in [-0.4, -0.2) is 16.3 Å². The Labute approximate surface area is 108 Å². The SMILES string of the molecule is CCn1cc(C2CCNC2c2ccccc2)cn1. The number of benzene rings is 1. The first-order chi connectivity index (χ1) is 8.88. The van der Waals surface area contributed by atoms with Crippen LogP contribution in [-0.2, 0) is 6.54 Å². The molecule has 1 aromatic heterocycles. The van der Waals surface area contributed by atoms with Gasteiger partial charge in [-0.25, -0.2) is 0 Å². The van der Waals surface area contributed by atoms with E-state index in [0.717, 1.165) is 13.1 Å². The fourth-order valence-corrected chi connectivity index (χ4v) is 2.82. The van der Waals surface area contributed by atoms with Gasteiger partial charge < -0.3 is 5.32 Å². The van der Waals surface area contributed by atoms with Crippen molar-refractivity contribution in [2.75, 3.05) is 6.54 Å². The number of rotatable bonds is 3. The molecule has 0 amide bonds. The largest absolute Gasteiger partial charge is 0.309 e. The maximum atomic E-state index is 4.40. The van der Waals surface area contributed by atoms with Gasteiger partial charge in [0.25, 0.3) is 0 Å². The van der Waals surface area contributed by atoms with E-state index in [4.69, 9.17) is 0 Å². The fraction of sp³-hybridized carbons (Fsp3) is 0.400. The lowest BCUT2D eigenvalue weighted by Gasteiger charge is -2.18. The molecule has 2 heterocycles. The summed E-state index contributed by atoms with van der Waals surface area (Å²) in [6.07, 6.45) is 5.40. The van der Waals surface area contributed by atoms with Crippen LogP contribution in [0.15, 0.2) is 42.7 Å². The Kier molecular flexibility index (Phi) is 3.15. The zero-order valence-electron chi connectivity index (χ0n) is 10.7. The second-order valence-corrected chi connectivity index (χ2v) is 4.87. The Bertz CT molecular complexity index is 503. The standard InChI is InChI=1S/C15H19N3/c1-2-18-11-13(10-17-18)14-8-9-16-15(14)12-6-4-3-5-7-12/h3-7,10-11,14-16H,2,8-9H2,1H3. The maximum Gasteiger partial charge on any atom is 0.0525 e. The van der Waals surface area contributed by atoms with Gasteiger partial charge in [-0.2, -0.15) is 5.10 Å². The van der Waals surface area contributed by atoms with Gasteiger partial charge in [0, 0.05) is 24.7 Å². The minimum atomic E-state index is 0.431. The Morgan fingerprint density at radius 3 is 2.83 bits per heavy atom. The summed E-state index contributed by atoms with van der Waals surface area (Å²) in [5.74, 6) is 0.549. The lowest BCUT2D eigenvalue weighted by Crippen LogP contribution is -2.16. The first-order valence-corrected chi connectivity index (χ1v) is 6.69. The van der Waals surface area contributed by atoms with Gasteiger partial charge in [0.15, 0.2) is 0 Å². The van der Waals surface area contributed by atoms with Crippen LogP contribution in [0.5, 0.6) is 0 Å². The molecule has 2 aromatic rings. The minimum absolute atomic E-state index is 0.431. The van der Waals surface area contributed by atoms with E-state index < -0.39 is 0 Å². The number of aromatic nitrogens is 2. The van der Waals surface area contributed by atoms with Crippen LogP contribution in [0.2, 0.25) is 0 Å². The van der Waals surface area contributed by atoms with Crippen molar-refractivity contribution in [3.8, 4) is 0 Å². The normalized spacial score (nSPS) is 23.4. The highest BCUT2D eigenvalue weighted by Crippen LogP contribution is 2.37. The Morgan fingerprint density at radius 1 is 1.28 bits per heavy atom. The van der Waals surface area contributed by atoms with Gasteiger partial charge in [-0.05, 0) is 31.0 Å². The average molecular weight is 241 g/mol. The van der Waals surface area contributed by atoms with Crippen LogP contribution in [0.25, 0.3) is 0 Å². The molecule has 3 rings (SSSR count). The summed E-state index contributed by atoms with van der Waals surface area (Å²) >= 11 is 0. The molecule has 18 heavy (non-hydrogen) atoms. The number of hydrogen-bond donors (Lipinski definition) is 1. The minimum Gasteiger partial charge on any atom is -0.309 e. The Hall–Kier alpha value is -1.61. The molecule has 0 radical (unpaired) electrons. The summed E-state index contributed by atoms with van der Waals surface area (Å²) in [5.41, 5.74) is 2.74. The molecule has 2 atom stereocenters. The number of nitrogens with zero attached hydrogens (tertiary/aromatic N) is 2. The van der Waals surface area contributed by atoms with E-state index in [9.17, 15) is 0 Å². The topological polar surface area (TPSA) is 29.9 Å². The summed E-state index contributed by atoms with van der Waals surface area (Å²) in [5, 5.41) is 8.01. The average Bonchev–Trinajstić information content (AvgIpc) is 3.08. The van der Waals surface area contributed by atoms with Crippen LogP contribution in [0.3, 0.4) is 0 Å². The molecule has 3 nitrogen and oxygen atoms in total. The molecule has 1 fully saturated rings. The van der Waals surface area contributed by atoms with E-state index >= 15 is 0 Å². The van der Waals surface area contributed by atoms with Crippen LogP contribution in [0, 0.1) is 0 Å². The van der Waals surface area contributed by atoms with Crippen molar-refractivity contribution in [3.63, 3.8) is 0 Å². The first-order valence-electron chi connectivity index (χ1n) is 6.69. The van der Waals surface area contributed by atoms with Gasteiger partial charge in [0.1, 0.15) is 0 Å². The van der Waals surface area contributed by atoms with E-state index in [1.165, 1.54) is 17.5 Å². The summed E-state index contributed by atoms with van der Waals surface area (Å²) in [4.78, 5) is 0. The van der Waals surface area contributed by atoms with Crippen molar-refractivity contribution >= 4 is 0 Å². The maximum absolute atomic E-state index is 4.40. The van der Waals surface area contributed by atoms with Gasteiger partial charge in [-0.3, -0.25) is 4.68 Å². The molecule has 0 aliphatic carbocycles. The smallest absolute Gasteiger partial charge is 0.0525 e. The third-order valence-electron chi connectivity index (χ3n) is 3.79. The molecule has 0 saturated carbocycles. The van der Waals surface area contributed by atoms with Gasteiger partial charge in [-0.1, -0.05) is 30.3 Å². The molecule has 1 aliphatic heterocycles. The molecule has 1 aromatic carbocycles. The van der Waals surface area contributed by atoms with E-state index in [1.54, 1.807) is 0 Å². The number of nitrogens with one attached hydrogen (secondary N) is 1. The summed E-state index contributed by atoms with van der Waals surface area (Å²) in [7, 11) is 0. The highest BCUT2D eigenvalue weighted by atomic mass is 15.3. The van der Waals surface area contributed by atoms with Gasteiger partial charge in [0.2, 0.25) is 0 Å². The van der Waals surface area contributed by atoms with Crippen molar-refractivity contribution in [2.24, 2.45) is 0 Å². The third-order valence-corrected chi connectivity index (χ3v) is 3.79. The van der Waals surface area contributed by atoms with Crippen molar-refractivity contribution in [1.82, 2.24) is 15.1 Å². The van der Waals surface area contributed by atoms with Crippen LogP contribution < -0.4 is 5.32 Å². The molecular weight excluding hydrogens is 222 g/mol. The quantitative estimate of drug-likeness (QED) is 0.895. The highest BCUT2D eigenvalue weighted by Gasteiger charge is 2.30. The van der Waals surface area contributed by atoms with Crippen LogP contribution >= 0.6 is 0 Å². The summed E-state index contributed by atoms with van der Waals surface area (Å²) < 4.78 is 2.01. The predicted molar refractivity (Wildman–Crippen MR) is 72.4 cm³/mol. The lowest BCUT2D eigenvalue weighted by atomic mass is 9.90. The zero-order chi connectivity index (χ0) is 12.4. The third kappa shape index (κ3) is 2.06. The number of aryl methyl sites for hydroxylation is 1. The summed E-state index contributed by atoms with van der Waals surface area (Å²) in [6.45, 7) is 4.15. The van der Waals surface area contributed by atoms with E-state index in [-0.39, 0.29) is 0 Å². The molecule has 0 spiro atoms.